The Kier molecular flexibility index (Phi) is 6.57. The monoisotopic (exact) mass is 469 g/mol. The van der Waals surface area contributed by atoms with Gasteiger partial charge in [-0.3, -0.25) is 4.90 Å². The summed E-state index contributed by atoms with van der Waals surface area (Å²) in [5.74, 6) is 1.82. The van der Waals surface area contributed by atoms with Gasteiger partial charge in [-0.2, -0.15) is 0 Å². The van der Waals surface area contributed by atoms with Crippen LogP contribution in [0.1, 0.15) is 12.8 Å². The summed E-state index contributed by atoms with van der Waals surface area (Å²) in [5.41, 5.74) is 4.26. The van der Waals surface area contributed by atoms with E-state index in [0.29, 0.717) is 0 Å². The minimum Gasteiger partial charge on any atom is -0.492 e. The van der Waals surface area contributed by atoms with Crippen molar-refractivity contribution < 1.29 is 9.15 Å². The molecule has 4 aromatic carbocycles. The quantitative estimate of drug-likeness (QED) is 0.253. The number of hydrogen-bond donors (Lipinski definition) is 0. The van der Waals surface area contributed by atoms with Gasteiger partial charge < -0.3 is 9.15 Å². The van der Waals surface area contributed by atoms with E-state index in [1.165, 1.54) is 36.7 Å². The number of likely N-dealkylation sites (tertiary alicyclic amines) is 1. The Labute approximate surface area is 206 Å². The zero-order chi connectivity index (χ0) is 22.0. The number of hydrogen-bond acceptors (Lipinski definition) is 3. The SMILES string of the molecule is Cl.c1ccc(-c2oc3ccc4ccccc4c3c2-c2ccc(OCCN3CCCC3)cc2)cc1. The molecule has 1 aliphatic rings. The van der Waals surface area contributed by atoms with Crippen LogP contribution < -0.4 is 4.74 Å². The Morgan fingerprint density at radius 2 is 1.47 bits per heavy atom. The first-order valence-electron chi connectivity index (χ1n) is 11.8. The van der Waals surface area contributed by atoms with Crippen LogP contribution in [0.15, 0.2) is 95.4 Å². The third-order valence-corrected chi connectivity index (χ3v) is 6.63. The van der Waals surface area contributed by atoms with Crippen LogP contribution in [0.3, 0.4) is 0 Å². The maximum atomic E-state index is 6.46. The van der Waals surface area contributed by atoms with Gasteiger partial charge in [0.05, 0.1) is 0 Å². The average molecular weight is 470 g/mol. The van der Waals surface area contributed by atoms with Crippen LogP contribution >= 0.6 is 12.4 Å². The molecule has 3 nitrogen and oxygen atoms in total. The first kappa shape index (κ1) is 22.5. The largest absolute Gasteiger partial charge is 0.492 e. The van der Waals surface area contributed by atoms with Crippen molar-refractivity contribution in [2.24, 2.45) is 0 Å². The molecule has 1 aliphatic heterocycles. The van der Waals surface area contributed by atoms with Gasteiger partial charge in [0, 0.05) is 23.1 Å². The van der Waals surface area contributed by atoms with Gasteiger partial charge in [0.2, 0.25) is 0 Å². The van der Waals surface area contributed by atoms with Crippen molar-refractivity contribution in [2.45, 2.75) is 12.8 Å². The predicted molar refractivity (Wildman–Crippen MR) is 143 cm³/mol. The lowest BCUT2D eigenvalue weighted by Gasteiger charge is -2.15. The van der Waals surface area contributed by atoms with E-state index < -0.39 is 0 Å². The summed E-state index contributed by atoms with van der Waals surface area (Å²) in [4.78, 5) is 2.48. The molecule has 0 aliphatic carbocycles. The van der Waals surface area contributed by atoms with E-state index in [0.717, 1.165) is 52.3 Å². The van der Waals surface area contributed by atoms with Crippen molar-refractivity contribution in [2.75, 3.05) is 26.2 Å². The smallest absolute Gasteiger partial charge is 0.143 e. The molecular formula is C30H28ClNO2. The molecule has 1 aromatic heterocycles. The lowest BCUT2D eigenvalue weighted by Crippen LogP contribution is -2.25. The van der Waals surface area contributed by atoms with Gasteiger partial charge >= 0.3 is 0 Å². The second-order valence-electron chi connectivity index (χ2n) is 8.75. The van der Waals surface area contributed by atoms with Crippen molar-refractivity contribution in [3.63, 3.8) is 0 Å². The maximum Gasteiger partial charge on any atom is 0.143 e. The normalized spacial score (nSPS) is 13.9. The molecule has 0 atom stereocenters. The first-order valence-corrected chi connectivity index (χ1v) is 11.8. The number of nitrogens with zero attached hydrogens (tertiary/aromatic N) is 1. The lowest BCUT2D eigenvalue weighted by atomic mass is 9.95. The zero-order valence-corrected chi connectivity index (χ0v) is 19.9. The first-order chi connectivity index (χ1) is 16.4. The van der Waals surface area contributed by atoms with E-state index in [2.05, 4.69) is 89.8 Å². The van der Waals surface area contributed by atoms with Gasteiger partial charge in [-0.15, -0.1) is 12.4 Å². The van der Waals surface area contributed by atoms with E-state index in [1.807, 2.05) is 6.07 Å². The average Bonchev–Trinajstić information content (AvgIpc) is 3.53. The Morgan fingerprint density at radius 3 is 2.26 bits per heavy atom. The highest BCUT2D eigenvalue weighted by molar-refractivity contribution is 6.16. The van der Waals surface area contributed by atoms with Crippen LogP contribution in [-0.2, 0) is 0 Å². The summed E-state index contributed by atoms with van der Waals surface area (Å²) < 4.78 is 12.5. The fourth-order valence-corrected chi connectivity index (χ4v) is 4.95. The minimum absolute atomic E-state index is 0. The second-order valence-corrected chi connectivity index (χ2v) is 8.75. The van der Waals surface area contributed by atoms with Crippen LogP contribution in [-0.4, -0.2) is 31.1 Å². The third-order valence-electron chi connectivity index (χ3n) is 6.63. The molecule has 0 spiro atoms. The molecular weight excluding hydrogens is 442 g/mol. The molecule has 4 heteroatoms. The molecule has 1 saturated heterocycles. The van der Waals surface area contributed by atoms with Crippen molar-refractivity contribution in [1.82, 2.24) is 4.90 Å². The number of fused-ring (bicyclic) bond motifs is 3. The summed E-state index contributed by atoms with van der Waals surface area (Å²) >= 11 is 0. The molecule has 0 unspecified atom stereocenters. The third kappa shape index (κ3) is 4.29. The Balaban J connectivity index is 0.00000241. The molecule has 0 N–H and O–H groups in total. The van der Waals surface area contributed by atoms with Gasteiger partial charge in [0.15, 0.2) is 0 Å². The van der Waals surface area contributed by atoms with Crippen molar-refractivity contribution in [1.29, 1.82) is 0 Å². The van der Waals surface area contributed by atoms with E-state index in [9.17, 15) is 0 Å². The minimum atomic E-state index is 0. The van der Waals surface area contributed by atoms with Gasteiger partial charge in [0.25, 0.3) is 0 Å². The number of halogens is 1. The fraction of sp³-hybridized carbons (Fsp3) is 0.200. The molecule has 0 saturated carbocycles. The van der Waals surface area contributed by atoms with Crippen LogP contribution in [0.2, 0.25) is 0 Å². The fourth-order valence-electron chi connectivity index (χ4n) is 4.95. The van der Waals surface area contributed by atoms with Gasteiger partial charge in [-0.1, -0.05) is 72.8 Å². The van der Waals surface area contributed by atoms with Crippen molar-refractivity contribution in [3.05, 3.63) is 91.0 Å². The van der Waals surface area contributed by atoms with Crippen LogP contribution in [0.4, 0.5) is 0 Å². The van der Waals surface area contributed by atoms with Crippen LogP contribution in [0.5, 0.6) is 5.75 Å². The molecule has 1 fully saturated rings. The second kappa shape index (κ2) is 9.92. The zero-order valence-electron chi connectivity index (χ0n) is 19.1. The molecule has 2 heterocycles. The van der Waals surface area contributed by atoms with Crippen molar-refractivity contribution in [3.8, 4) is 28.2 Å². The Morgan fingerprint density at radius 1 is 0.735 bits per heavy atom. The van der Waals surface area contributed by atoms with E-state index in [-0.39, 0.29) is 12.4 Å². The van der Waals surface area contributed by atoms with Crippen LogP contribution in [0, 0.1) is 0 Å². The molecule has 6 rings (SSSR count). The molecule has 0 radical (unpaired) electrons. The van der Waals surface area contributed by atoms with Gasteiger partial charge in [-0.25, -0.2) is 0 Å². The molecule has 5 aromatic rings. The van der Waals surface area contributed by atoms with E-state index >= 15 is 0 Å². The highest BCUT2D eigenvalue weighted by Crippen LogP contribution is 2.44. The molecule has 34 heavy (non-hydrogen) atoms. The lowest BCUT2D eigenvalue weighted by molar-refractivity contribution is 0.238. The summed E-state index contributed by atoms with van der Waals surface area (Å²) in [5, 5.41) is 3.59. The summed E-state index contributed by atoms with van der Waals surface area (Å²) in [6, 6.07) is 31.6. The summed E-state index contributed by atoms with van der Waals surface area (Å²) in [7, 11) is 0. The molecule has 0 amide bonds. The highest BCUT2D eigenvalue weighted by Gasteiger charge is 2.20. The molecule has 172 valence electrons. The number of benzene rings is 4. The van der Waals surface area contributed by atoms with Gasteiger partial charge in [-0.05, 0) is 60.5 Å². The number of furan rings is 1. The number of ether oxygens (including phenoxy) is 1. The standard InChI is InChI=1S/C30H27NO2.ClH/c1-2-9-24(10-3-1)30-28(29-26-11-5-4-8-22(26)14-17-27(29)33-30)23-12-15-25(16-13-23)32-21-20-31-18-6-7-19-31;/h1-5,8-17H,6-7,18-21H2;1H. The highest BCUT2D eigenvalue weighted by atomic mass is 35.5. The topological polar surface area (TPSA) is 25.6 Å². The Bertz CT molecular complexity index is 1390. The Hall–Kier alpha value is -3.27. The summed E-state index contributed by atoms with van der Waals surface area (Å²) in [6.45, 7) is 4.13. The van der Waals surface area contributed by atoms with Crippen molar-refractivity contribution >= 4 is 34.1 Å². The number of rotatable bonds is 6. The predicted octanol–water partition coefficient (Wildman–Crippen LogP) is 7.82. The van der Waals surface area contributed by atoms with E-state index in [1.54, 1.807) is 0 Å². The van der Waals surface area contributed by atoms with E-state index in [4.69, 9.17) is 9.15 Å². The van der Waals surface area contributed by atoms with Gasteiger partial charge in [0.1, 0.15) is 23.7 Å². The summed E-state index contributed by atoms with van der Waals surface area (Å²) in [6.07, 6.45) is 2.62. The maximum absolute atomic E-state index is 6.46. The molecule has 0 bridgehead atoms. The van der Waals surface area contributed by atoms with Crippen LogP contribution in [0.25, 0.3) is 44.2 Å².